The van der Waals surface area contributed by atoms with Gasteiger partial charge >= 0.3 is 0 Å². The van der Waals surface area contributed by atoms with Crippen molar-refractivity contribution in [3.63, 3.8) is 0 Å². The zero-order valence-corrected chi connectivity index (χ0v) is 21.4. The highest BCUT2D eigenvalue weighted by Gasteiger charge is 2.35. The van der Waals surface area contributed by atoms with E-state index in [0.717, 1.165) is 41.8 Å². The molecule has 35 heavy (non-hydrogen) atoms. The molecular weight excluding hydrogens is 484 g/mol. The molecule has 1 fully saturated rings. The van der Waals surface area contributed by atoms with Gasteiger partial charge in [-0.15, -0.1) is 0 Å². The maximum absolute atomic E-state index is 13.7. The molecule has 2 aliphatic rings. The first-order valence-corrected chi connectivity index (χ1v) is 13.3. The molecule has 0 aliphatic heterocycles. The zero-order valence-electron chi connectivity index (χ0n) is 19.9. The average molecular weight is 514 g/mol. The summed E-state index contributed by atoms with van der Waals surface area (Å²) in [5, 5.41) is 9.28. The number of hydrogen-bond acceptors (Lipinski definition) is 2. The van der Waals surface area contributed by atoms with E-state index in [1.807, 2.05) is 6.07 Å². The van der Waals surface area contributed by atoms with E-state index >= 15 is 0 Å². The Hall–Kier alpha value is -2.37. The van der Waals surface area contributed by atoms with Crippen LogP contribution in [0.3, 0.4) is 0 Å². The van der Waals surface area contributed by atoms with Gasteiger partial charge in [-0.3, -0.25) is 4.79 Å². The van der Waals surface area contributed by atoms with Crippen molar-refractivity contribution in [3.05, 3.63) is 69.6 Å². The standard InChI is InChI=1S/C28H30Cl2FN3O/c1-17(18-6-3-2-4-7-18)32-28(35)23-9-5-8-22-26(23)33-34(25-15-12-20(29)16-24(25)30)27(22)19-10-13-21(31)14-11-19/h10-18,23H,2-9H2,1H3,(H,32,35)/t17-,23?/m1/s1. The number of halogens is 3. The zero-order chi connectivity index (χ0) is 24.5. The molecule has 0 radical (unpaired) electrons. The van der Waals surface area contributed by atoms with Crippen molar-refractivity contribution in [2.75, 3.05) is 0 Å². The molecule has 3 aromatic rings. The number of nitrogens with zero attached hydrogens (tertiary/aromatic N) is 2. The van der Waals surface area contributed by atoms with E-state index in [2.05, 4.69) is 12.2 Å². The lowest BCUT2D eigenvalue weighted by molar-refractivity contribution is -0.124. The van der Waals surface area contributed by atoms with Gasteiger partial charge in [0.2, 0.25) is 5.91 Å². The molecule has 4 nitrogen and oxygen atoms in total. The van der Waals surface area contributed by atoms with Crippen LogP contribution in [0.25, 0.3) is 16.9 Å². The molecule has 1 aromatic heterocycles. The van der Waals surface area contributed by atoms with Gasteiger partial charge in [-0.1, -0.05) is 42.5 Å². The first-order valence-electron chi connectivity index (χ1n) is 12.6. The smallest absolute Gasteiger partial charge is 0.229 e. The van der Waals surface area contributed by atoms with Crippen LogP contribution in [0.2, 0.25) is 10.0 Å². The Bertz CT molecular complexity index is 1220. The summed E-state index contributed by atoms with van der Waals surface area (Å²) in [4.78, 5) is 13.5. The minimum absolute atomic E-state index is 0.0431. The summed E-state index contributed by atoms with van der Waals surface area (Å²) < 4.78 is 15.5. The Morgan fingerprint density at radius 3 is 2.51 bits per heavy atom. The molecule has 2 atom stereocenters. The van der Waals surface area contributed by atoms with Crippen molar-refractivity contribution in [1.82, 2.24) is 15.1 Å². The van der Waals surface area contributed by atoms with Crippen LogP contribution >= 0.6 is 23.2 Å². The largest absolute Gasteiger partial charge is 0.353 e. The second kappa shape index (κ2) is 10.3. The van der Waals surface area contributed by atoms with Gasteiger partial charge < -0.3 is 5.32 Å². The van der Waals surface area contributed by atoms with Crippen LogP contribution in [0.5, 0.6) is 0 Å². The first kappa shape index (κ1) is 24.3. The summed E-state index contributed by atoms with van der Waals surface area (Å²) >= 11 is 12.7. The monoisotopic (exact) mass is 513 g/mol. The molecule has 5 rings (SSSR count). The highest BCUT2D eigenvalue weighted by Crippen LogP contribution is 2.40. The minimum atomic E-state index is -0.323. The molecule has 2 aromatic carbocycles. The van der Waals surface area contributed by atoms with E-state index in [9.17, 15) is 9.18 Å². The Labute approximate surface area is 215 Å². The highest BCUT2D eigenvalue weighted by atomic mass is 35.5. The molecular formula is C28H30Cl2FN3O. The molecule has 1 heterocycles. The third-order valence-electron chi connectivity index (χ3n) is 7.56. The van der Waals surface area contributed by atoms with Crippen LogP contribution in [0.15, 0.2) is 42.5 Å². The van der Waals surface area contributed by atoms with Crippen LogP contribution in [-0.4, -0.2) is 21.7 Å². The molecule has 1 saturated carbocycles. The Morgan fingerprint density at radius 2 is 1.80 bits per heavy atom. The molecule has 0 spiro atoms. The van der Waals surface area contributed by atoms with Crippen LogP contribution in [-0.2, 0) is 11.2 Å². The van der Waals surface area contributed by atoms with Gasteiger partial charge in [0.05, 0.1) is 28.0 Å². The summed E-state index contributed by atoms with van der Waals surface area (Å²) in [5.74, 6) is -0.0408. The Morgan fingerprint density at radius 1 is 1.06 bits per heavy atom. The topological polar surface area (TPSA) is 46.9 Å². The van der Waals surface area contributed by atoms with Crippen LogP contribution in [0.4, 0.5) is 4.39 Å². The number of carbonyl (C=O) groups excluding carboxylic acids is 1. The lowest BCUT2D eigenvalue weighted by Gasteiger charge is -2.30. The Kier molecular flexibility index (Phi) is 7.17. The van der Waals surface area contributed by atoms with E-state index in [4.69, 9.17) is 28.3 Å². The van der Waals surface area contributed by atoms with Gasteiger partial charge in [-0.25, -0.2) is 9.07 Å². The molecule has 1 N–H and O–H groups in total. The predicted octanol–water partition coefficient (Wildman–Crippen LogP) is 7.49. The number of fused-ring (bicyclic) bond motifs is 1. The fraction of sp³-hybridized carbons (Fsp3) is 0.429. The number of nitrogens with one attached hydrogen (secondary N) is 1. The third-order valence-corrected chi connectivity index (χ3v) is 8.10. The molecule has 2 aliphatic carbocycles. The van der Waals surface area contributed by atoms with Crippen molar-refractivity contribution in [3.8, 4) is 16.9 Å². The fourth-order valence-electron chi connectivity index (χ4n) is 5.68. The second-order valence-corrected chi connectivity index (χ2v) is 10.7. The minimum Gasteiger partial charge on any atom is -0.353 e. The summed E-state index contributed by atoms with van der Waals surface area (Å²) in [6.45, 7) is 2.13. The van der Waals surface area contributed by atoms with Crippen molar-refractivity contribution >= 4 is 29.1 Å². The molecule has 0 saturated heterocycles. The number of benzene rings is 2. The lowest BCUT2D eigenvalue weighted by atomic mass is 9.83. The third kappa shape index (κ3) is 4.99. The van der Waals surface area contributed by atoms with Crippen molar-refractivity contribution in [2.24, 2.45) is 5.92 Å². The van der Waals surface area contributed by atoms with Crippen molar-refractivity contribution in [1.29, 1.82) is 0 Å². The predicted molar refractivity (Wildman–Crippen MR) is 139 cm³/mol. The summed E-state index contributed by atoms with van der Waals surface area (Å²) in [7, 11) is 0. The van der Waals surface area contributed by atoms with Gasteiger partial charge in [0, 0.05) is 22.2 Å². The molecule has 0 bridgehead atoms. The van der Waals surface area contributed by atoms with E-state index < -0.39 is 0 Å². The van der Waals surface area contributed by atoms with Gasteiger partial charge in [0.1, 0.15) is 5.82 Å². The normalized spacial score (nSPS) is 19.3. The fourth-order valence-corrected chi connectivity index (χ4v) is 6.17. The Balaban J connectivity index is 1.54. The number of rotatable bonds is 5. The van der Waals surface area contributed by atoms with E-state index in [-0.39, 0.29) is 23.7 Å². The van der Waals surface area contributed by atoms with Gasteiger partial charge in [0.25, 0.3) is 0 Å². The van der Waals surface area contributed by atoms with Crippen molar-refractivity contribution in [2.45, 2.75) is 70.3 Å². The van der Waals surface area contributed by atoms with E-state index in [1.165, 1.54) is 44.2 Å². The summed E-state index contributed by atoms with van der Waals surface area (Å²) in [6.07, 6.45) is 8.57. The number of carbonyl (C=O) groups is 1. The summed E-state index contributed by atoms with van der Waals surface area (Å²) in [6, 6.07) is 11.8. The number of hydrogen-bond donors (Lipinski definition) is 1. The summed E-state index contributed by atoms with van der Waals surface area (Å²) in [5.41, 5.74) is 4.18. The average Bonchev–Trinajstić information content (AvgIpc) is 3.24. The number of amides is 1. The van der Waals surface area contributed by atoms with Gasteiger partial charge in [-0.05, 0) is 87.4 Å². The second-order valence-electron chi connectivity index (χ2n) is 9.87. The quantitative estimate of drug-likeness (QED) is 0.384. The van der Waals surface area contributed by atoms with E-state index in [1.54, 1.807) is 28.9 Å². The molecule has 184 valence electrons. The number of aromatic nitrogens is 2. The van der Waals surface area contributed by atoms with Gasteiger partial charge in [0.15, 0.2) is 0 Å². The van der Waals surface area contributed by atoms with Crippen molar-refractivity contribution < 1.29 is 9.18 Å². The lowest BCUT2D eigenvalue weighted by Crippen LogP contribution is -2.42. The molecule has 1 unspecified atom stereocenters. The van der Waals surface area contributed by atoms with E-state index in [0.29, 0.717) is 21.7 Å². The molecule has 7 heteroatoms. The SMILES string of the molecule is C[C@@H](NC(=O)C1CCCc2c1nn(-c1ccc(Cl)cc1Cl)c2-c1ccc(F)cc1)C1CCCCC1. The maximum atomic E-state index is 13.7. The first-order chi connectivity index (χ1) is 16.9. The molecule has 1 amide bonds. The van der Waals surface area contributed by atoms with Crippen LogP contribution in [0.1, 0.15) is 69.0 Å². The van der Waals surface area contributed by atoms with Gasteiger partial charge in [-0.2, -0.15) is 5.10 Å². The maximum Gasteiger partial charge on any atom is 0.229 e. The van der Waals surface area contributed by atoms with Crippen LogP contribution in [0, 0.1) is 11.7 Å². The highest BCUT2D eigenvalue weighted by molar-refractivity contribution is 6.35. The van der Waals surface area contributed by atoms with Crippen LogP contribution < -0.4 is 5.32 Å².